The van der Waals surface area contributed by atoms with E-state index in [-0.39, 0.29) is 17.9 Å². The lowest BCUT2D eigenvalue weighted by molar-refractivity contribution is -0.137. The van der Waals surface area contributed by atoms with Crippen LogP contribution in [-0.2, 0) is 4.79 Å². The molecule has 0 saturated heterocycles. The number of rotatable bonds is 5. The second-order valence-electron chi connectivity index (χ2n) is 3.72. The van der Waals surface area contributed by atoms with E-state index in [1.807, 2.05) is 0 Å². The quantitative estimate of drug-likeness (QED) is 0.593. The molecule has 0 aliphatic rings. The summed E-state index contributed by atoms with van der Waals surface area (Å²) in [6, 6.07) is 4.49. The Balaban J connectivity index is 3.09. The largest absolute Gasteiger partial charge is 0.496 e. The van der Waals surface area contributed by atoms with Gasteiger partial charge in [0.25, 0.3) is 5.91 Å². The SMILES string of the molecule is C#CCN(CC(=O)O)C(=O)c1ccc(N)cc1OC. The highest BCUT2D eigenvalue weighted by Gasteiger charge is 2.21. The molecule has 1 aromatic carbocycles. The summed E-state index contributed by atoms with van der Waals surface area (Å²) in [6.07, 6.45) is 5.13. The molecule has 0 bridgehead atoms. The van der Waals surface area contributed by atoms with Crippen LogP contribution < -0.4 is 10.5 Å². The van der Waals surface area contributed by atoms with E-state index >= 15 is 0 Å². The number of hydrogen-bond acceptors (Lipinski definition) is 4. The third-order valence-corrected chi connectivity index (χ3v) is 2.35. The summed E-state index contributed by atoms with van der Waals surface area (Å²) >= 11 is 0. The minimum absolute atomic E-state index is 0.0985. The van der Waals surface area contributed by atoms with Crippen LogP contribution in [0.3, 0.4) is 0 Å². The molecular formula is C13H14N2O4. The molecule has 0 saturated carbocycles. The van der Waals surface area contributed by atoms with Crippen molar-refractivity contribution in [3.05, 3.63) is 23.8 Å². The van der Waals surface area contributed by atoms with Crippen molar-refractivity contribution in [3.8, 4) is 18.1 Å². The van der Waals surface area contributed by atoms with E-state index in [0.29, 0.717) is 5.69 Å². The number of benzene rings is 1. The lowest BCUT2D eigenvalue weighted by Crippen LogP contribution is -2.36. The average molecular weight is 262 g/mol. The number of hydrogen-bond donors (Lipinski definition) is 2. The van der Waals surface area contributed by atoms with Crippen molar-refractivity contribution in [3.63, 3.8) is 0 Å². The number of nitrogens with two attached hydrogens (primary N) is 1. The van der Waals surface area contributed by atoms with Crippen LogP contribution in [0.15, 0.2) is 18.2 Å². The van der Waals surface area contributed by atoms with Crippen molar-refractivity contribution in [2.24, 2.45) is 0 Å². The van der Waals surface area contributed by atoms with E-state index in [0.717, 1.165) is 4.90 Å². The van der Waals surface area contributed by atoms with Crippen LogP contribution in [-0.4, -0.2) is 42.1 Å². The fourth-order valence-electron chi connectivity index (χ4n) is 1.53. The normalized spacial score (nSPS) is 9.47. The fourth-order valence-corrected chi connectivity index (χ4v) is 1.53. The van der Waals surface area contributed by atoms with Crippen molar-refractivity contribution in [2.45, 2.75) is 0 Å². The molecule has 1 aromatic rings. The molecule has 6 heteroatoms. The number of ether oxygens (including phenoxy) is 1. The highest BCUT2D eigenvalue weighted by molar-refractivity contribution is 5.98. The number of nitrogens with zero attached hydrogens (tertiary/aromatic N) is 1. The van der Waals surface area contributed by atoms with Gasteiger partial charge in [0.2, 0.25) is 0 Å². The van der Waals surface area contributed by atoms with Crippen LogP contribution in [0.5, 0.6) is 5.75 Å². The summed E-state index contributed by atoms with van der Waals surface area (Å²) in [7, 11) is 1.40. The van der Waals surface area contributed by atoms with Gasteiger partial charge >= 0.3 is 5.97 Å². The molecule has 0 atom stereocenters. The molecule has 0 fully saturated rings. The molecule has 1 amide bonds. The van der Waals surface area contributed by atoms with Gasteiger partial charge in [-0.05, 0) is 12.1 Å². The number of terminal acetylenes is 1. The minimum Gasteiger partial charge on any atom is -0.496 e. The smallest absolute Gasteiger partial charge is 0.323 e. The molecule has 0 radical (unpaired) electrons. The highest BCUT2D eigenvalue weighted by Crippen LogP contribution is 2.22. The maximum absolute atomic E-state index is 12.2. The van der Waals surface area contributed by atoms with Crippen LogP contribution in [0, 0.1) is 12.3 Å². The highest BCUT2D eigenvalue weighted by atomic mass is 16.5. The van der Waals surface area contributed by atoms with E-state index in [4.69, 9.17) is 22.0 Å². The molecule has 3 N–H and O–H groups in total. The Morgan fingerprint density at radius 1 is 1.53 bits per heavy atom. The summed E-state index contributed by atoms with van der Waals surface area (Å²) in [6.45, 7) is -0.574. The summed E-state index contributed by atoms with van der Waals surface area (Å²) in [5, 5.41) is 8.76. The van der Waals surface area contributed by atoms with Gasteiger partial charge in [0, 0.05) is 11.8 Å². The van der Waals surface area contributed by atoms with Gasteiger partial charge in [-0.15, -0.1) is 6.42 Å². The third kappa shape index (κ3) is 3.64. The van der Waals surface area contributed by atoms with Crippen LogP contribution in [0.25, 0.3) is 0 Å². The van der Waals surface area contributed by atoms with E-state index in [9.17, 15) is 9.59 Å². The number of carboxylic acid groups (broad SMARTS) is 1. The van der Waals surface area contributed by atoms with Crippen molar-refractivity contribution in [1.29, 1.82) is 0 Å². The Kier molecular flexibility index (Phi) is 4.77. The van der Waals surface area contributed by atoms with E-state index < -0.39 is 18.4 Å². The number of methoxy groups -OCH3 is 1. The lowest BCUT2D eigenvalue weighted by atomic mass is 10.1. The van der Waals surface area contributed by atoms with Crippen molar-refractivity contribution in [1.82, 2.24) is 4.90 Å². The molecule has 100 valence electrons. The number of anilines is 1. The van der Waals surface area contributed by atoms with Crippen LogP contribution >= 0.6 is 0 Å². The van der Waals surface area contributed by atoms with Gasteiger partial charge in [-0.1, -0.05) is 5.92 Å². The number of carboxylic acids is 1. The second kappa shape index (κ2) is 6.31. The Hall–Kier alpha value is -2.68. The topological polar surface area (TPSA) is 92.9 Å². The molecule has 0 aliphatic heterocycles. The van der Waals surface area contributed by atoms with E-state index in [2.05, 4.69) is 5.92 Å². The molecular weight excluding hydrogens is 248 g/mol. The van der Waals surface area contributed by atoms with E-state index in [1.165, 1.54) is 25.3 Å². The Labute approximate surface area is 110 Å². The number of carbonyl (C=O) groups excluding carboxylic acids is 1. The summed E-state index contributed by atoms with van der Waals surface area (Å²) in [5.74, 6) is 0.867. The average Bonchev–Trinajstić information content (AvgIpc) is 2.36. The first-order valence-electron chi connectivity index (χ1n) is 5.37. The lowest BCUT2D eigenvalue weighted by Gasteiger charge is -2.19. The second-order valence-corrected chi connectivity index (χ2v) is 3.72. The Morgan fingerprint density at radius 3 is 2.74 bits per heavy atom. The van der Waals surface area contributed by atoms with Crippen molar-refractivity contribution >= 4 is 17.6 Å². The molecule has 6 nitrogen and oxygen atoms in total. The van der Waals surface area contributed by atoms with Gasteiger partial charge in [-0.2, -0.15) is 0 Å². The van der Waals surface area contributed by atoms with Crippen LogP contribution in [0.2, 0.25) is 0 Å². The molecule has 0 aromatic heterocycles. The fraction of sp³-hybridized carbons (Fsp3) is 0.231. The Morgan fingerprint density at radius 2 is 2.21 bits per heavy atom. The molecule has 19 heavy (non-hydrogen) atoms. The van der Waals surface area contributed by atoms with Gasteiger partial charge in [0.1, 0.15) is 12.3 Å². The minimum atomic E-state index is -1.14. The van der Waals surface area contributed by atoms with Crippen molar-refractivity contribution in [2.75, 3.05) is 25.9 Å². The first-order chi connectivity index (χ1) is 8.99. The third-order valence-electron chi connectivity index (χ3n) is 2.35. The summed E-state index contributed by atoms with van der Waals surface area (Å²) in [5.41, 5.74) is 6.24. The Bertz CT molecular complexity index is 534. The number of nitrogen functional groups attached to an aromatic ring is 1. The zero-order valence-corrected chi connectivity index (χ0v) is 10.4. The van der Waals surface area contributed by atoms with Crippen molar-refractivity contribution < 1.29 is 19.4 Å². The molecule has 0 aliphatic carbocycles. The summed E-state index contributed by atoms with van der Waals surface area (Å²) < 4.78 is 5.05. The first-order valence-corrected chi connectivity index (χ1v) is 5.37. The zero-order valence-electron chi connectivity index (χ0n) is 10.4. The maximum atomic E-state index is 12.2. The number of aliphatic carboxylic acids is 1. The zero-order chi connectivity index (χ0) is 14.4. The van der Waals surface area contributed by atoms with Crippen LogP contribution in [0.1, 0.15) is 10.4 Å². The van der Waals surface area contributed by atoms with Crippen LogP contribution in [0.4, 0.5) is 5.69 Å². The predicted octanol–water partition coefficient (Wildman–Crippen LogP) is 0.437. The van der Waals surface area contributed by atoms with Gasteiger partial charge in [0.05, 0.1) is 19.2 Å². The monoisotopic (exact) mass is 262 g/mol. The predicted molar refractivity (Wildman–Crippen MR) is 69.8 cm³/mol. The van der Waals surface area contributed by atoms with Gasteiger partial charge in [-0.25, -0.2) is 0 Å². The van der Waals surface area contributed by atoms with Gasteiger partial charge in [-0.3, -0.25) is 9.59 Å². The van der Waals surface area contributed by atoms with E-state index in [1.54, 1.807) is 0 Å². The molecule has 0 spiro atoms. The number of amides is 1. The number of carbonyl (C=O) groups is 2. The molecule has 0 unspecified atom stereocenters. The van der Waals surface area contributed by atoms with Gasteiger partial charge < -0.3 is 20.5 Å². The van der Waals surface area contributed by atoms with Gasteiger partial charge in [0.15, 0.2) is 0 Å². The molecule has 1 rings (SSSR count). The first kappa shape index (κ1) is 14.4. The standard InChI is InChI=1S/C13H14N2O4/c1-3-6-15(8-12(16)17)13(18)10-5-4-9(14)7-11(10)19-2/h1,4-5,7H,6,8,14H2,2H3,(H,16,17). The molecule has 0 heterocycles. The summed E-state index contributed by atoms with van der Waals surface area (Å²) in [4.78, 5) is 24.0. The maximum Gasteiger partial charge on any atom is 0.323 e.